The molecule has 2 aromatic carbocycles. The van der Waals surface area contributed by atoms with E-state index < -0.39 is 17.3 Å². The number of rotatable bonds is 4. The standard InChI is InChI=1S/C17H13FN2O2S.K/c18-13-6-8-14(9-7-13)20-16(22)10-15(21)19-17(20)23-11-12-4-2-1-3-5-12;/h1-10,21H,11H2;/q;+1/p-1. The van der Waals surface area contributed by atoms with Crippen LogP contribution in [0.2, 0.25) is 0 Å². The fourth-order valence-corrected chi connectivity index (χ4v) is 3.05. The molecule has 0 amide bonds. The van der Waals surface area contributed by atoms with Crippen LogP contribution in [-0.2, 0) is 5.75 Å². The summed E-state index contributed by atoms with van der Waals surface area (Å²) >= 11 is 1.29. The fraction of sp³-hybridized carbons (Fsp3) is 0.0588. The van der Waals surface area contributed by atoms with Crippen LogP contribution in [0.5, 0.6) is 5.88 Å². The van der Waals surface area contributed by atoms with Gasteiger partial charge >= 0.3 is 51.4 Å². The van der Waals surface area contributed by atoms with Crippen molar-refractivity contribution in [3.8, 4) is 11.6 Å². The number of halogens is 1. The molecule has 7 heteroatoms. The Morgan fingerprint density at radius 2 is 1.75 bits per heavy atom. The minimum atomic E-state index is -0.580. The van der Waals surface area contributed by atoms with Crippen molar-refractivity contribution in [2.75, 3.05) is 0 Å². The molecular formula is C17H12FKN2O2S. The topological polar surface area (TPSA) is 57.9 Å². The molecule has 0 aliphatic carbocycles. The molecule has 0 aliphatic heterocycles. The molecule has 1 heterocycles. The van der Waals surface area contributed by atoms with Gasteiger partial charge in [0.15, 0.2) is 5.16 Å². The largest absolute Gasteiger partial charge is 1.00 e. The third-order valence-electron chi connectivity index (χ3n) is 3.16. The van der Waals surface area contributed by atoms with E-state index in [4.69, 9.17) is 0 Å². The van der Waals surface area contributed by atoms with Crippen LogP contribution in [0.3, 0.4) is 0 Å². The molecule has 0 N–H and O–H groups in total. The second kappa shape index (κ2) is 8.94. The molecule has 0 saturated carbocycles. The molecule has 0 bridgehead atoms. The maximum absolute atomic E-state index is 13.1. The Morgan fingerprint density at radius 1 is 1.08 bits per heavy atom. The van der Waals surface area contributed by atoms with Gasteiger partial charge in [0, 0.05) is 11.8 Å². The average Bonchev–Trinajstić information content (AvgIpc) is 2.55. The molecule has 0 aliphatic rings. The van der Waals surface area contributed by atoms with Gasteiger partial charge in [-0.15, -0.1) is 0 Å². The minimum absolute atomic E-state index is 0. The predicted octanol–water partition coefficient (Wildman–Crippen LogP) is -0.259. The Kier molecular flexibility index (Phi) is 7.21. The van der Waals surface area contributed by atoms with Crippen molar-refractivity contribution in [3.05, 3.63) is 82.4 Å². The van der Waals surface area contributed by atoms with Gasteiger partial charge in [-0.1, -0.05) is 42.1 Å². The van der Waals surface area contributed by atoms with Crippen molar-refractivity contribution in [3.63, 3.8) is 0 Å². The number of hydrogen-bond acceptors (Lipinski definition) is 4. The van der Waals surface area contributed by atoms with Gasteiger partial charge in [0.1, 0.15) is 5.82 Å². The van der Waals surface area contributed by atoms with Crippen LogP contribution in [0.1, 0.15) is 5.56 Å². The Morgan fingerprint density at radius 3 is 2.42 bits per heavy atom. The van der Waals surface area contributed by atoms with E-state index in [1.54, 1.807) is 0 Å². The zero-order chi connectivity index (χ0) is 16.2. The molecule has 0 saturated heterocycles. The van der Waals surface area contributed by atoms with Gasteiger partial charge in [-0.3, -0.25) is 9.36 Å². The smallest absolute Gasteiger partial charge is 0.858 e. The molecule has 0 atom stereocenters. The van der Waals surface area contributed by atoms with E-state index in [0.29, 0.717) is 11.4 Å². The van der Waals surface area contributed by atoms with E-state index in [1.165, 1.54) is 40.6 Å². The average molecular weight is 366 g/mol. The van der Waals surface area contributed by atoms with Crippen molar-refractivity contribution >= 4 is 11.8 Å². The van der Waals surface area contributed by atoms with Crippen LogP contribution in [0.4, 0.5) is 4.39 Å². The second-order valence-electron chi connectivity index (χ2n) is 4.80. The van der Waals surface area contributed by atoms with E-state index in [0.717, 1.165) is 11.6 Å². The summed E-state index contributed by atoms with van der Waals surface area (Å²) < 4.78 is 14.4. The van der Waals surface area contributed by atoms with Crippen LogP contribution in [0.25, 0.3) is 5.69 Å². The van der Waals surface area contributed by atoms with Gasteiger partial charge < -0.3 is 5.11 Å². The predicted molar refractivity (Wildman–Crippen MR) is 85.2 cm³/mol. The van der Waals surface area contributed by atoms with E-state index in [-0.39, 0.29) is 56.5 Å². The molecule has 0 unspecified atom stereocenters. The van der Waals surface area contributed by atoms with Gasteiger partial charge in [-0.2, -0.15) is 0 Å². The molecule has 0 spiro atoms. The molecule has 3 rings (SSSR count). The van der Waals surface area contributed by atoms with Gasteiger partial charge in [0.25, 0.3) is 5.56 Å². The molecule has 3 aromatic rings. The summed E-state index contributed by atoms with van der Waals surface area (Å²) in [7, 11) is 0. The normalized spacial score (nSPS) is 10.2. The van der Waals surface area contributed by atoms with Gasteiger partial charge in [0.2, 0.25) is 0 Å². The Labute approximate surface area is 185 Å². The Balaban J connectivity index is 0.00000208. The van der Waals surface area contributed by atoms with E-state index in [2.05, 4.69) is 4.98 Å². The third kappa shape index (κ3) is 4.78. The summed E-state index contributed by atoms with van der Waals surface area (Å²) in [4.78, 5) is 16.1. The van der Waals surface area contributed by atoms with Crippen molar-refractivity contribution < 1.29 is 60.9 Å². The first-order valence-electron chi connectivity index (χ1n) is 6.87. The number of thioether (sulfide) groups is 1. The second-order valence-corrected chi connectivity index (χ2v) is 5.74. The minimum Gasteiger partial charge on any atom is -0.858 e. The van der Waals surface area contributed by atoms with E-state index in [1.807, 2.05) is 30.3 Å². The quantitative estimate of drug-likeness (QED) is 0.363. The van der Waals surface area contributed by atoms with E-state index in [9.17, 15) is 14.3 Å². The summed E-state index contributed by atoms with van der Waals surface area (Å²) in [5.41, 5.74) is 1.04. The van der Waals surface area contributed by atoms with Crippen LogP contribution >= 0.6 is 11.8 Å². The molecule has 0 fully saturated rings. The van der Waals surface area contributed by atoms with Crippen molar-refractivity contribution in [2.45, 2.75) is 10.9 Å². The van der Waals surface area contributed by atoms with Crippen LogP contribution in [0.15, 0.2) is 70.6 Å². The molecular weight excluding hydrogens is 354 g/mol. The molecule has 116 valence electrons. The van der Waals surface area contributed by atoms with Crippen molar-refractivity contribution in [1.82, 2.24) is 9.55 Å². The van der Waals surface area contributed by atoms with Gasteiger partial charge in [0.05, 0.1) is 5.69 Å². The van der Waals surface area contributed by atoms with E-state index >= 15 is 0 Å². The first kappa shape index (κ1) is 19.4. The van der Waals surface area contributed by atoms with Crippen LogP contribution in [0, 0.1) is 5.82 Å². The monoisotopic (exact) mass is 366 g/mol. The summed E-state index contributed by atoms with van der Waals surface area (Å²) in [6.45, 7) is 0. The van der Waals surface area contributed by atoms with Crippen molar-refractivity contribution in [2.24, 2.45) is 0 Å². The summed E-state index contributed by atoms with van der Waals surface area (Å²) in [5.74, 6) is -0.407. The zero-order valence-electron chi connectivity index (χ0n) is 13.0. The number of aromatic nitrogens is 2. The molecule has 0 radical (unpaired) electrons. The maximum Gasteiger partial charge on any atom is 1.00 e. The third-order valence-corrected chi connectivity index (χ3v) is 4.17. The molecule has 24 heavy (non-hydrogen) atoms. The Hall–Kier alpha value is -0.964. The fourth-order valence-electron chi connectivity index (χ4n) is 2.09. The zero-order valence-corrected chi connectivity index (χ0v) is 16.9. The first-order valence-corrected chi connectivity index (χ1v) is 7.86. The molecule has 1 aromatic heterocycles. The summed E-state index contributed by atoms with van der Waals surface area (Å²) in [5, 5.41) is 11.9. The Bertz CT molecular complexity index is 870. The number of nitrogens with zero attached hydrogens (tertiary/aromatic N) is 2. The first-order chi connectivity index (χ1) is 11.1. The van der Waals surface area contributed by atoms with Crippen LogP contribution in [-0.4, -0.2) is 9.55 Å². The van der Waals surface area contributed by atoms with Gasteiger partial charge in [-0.05, 0) is 35.7 Å². The SMILES string of the molecule is O=c1cc([O-])nc(SCc2ccccc2)n1-c1ccc(F)cc1.[K+]. The van der Waals surface area contributed by atoms with Crippen LogP contribution < -0.4 is 62.1 Å². The van der Waals surface area contributed by atoms with Gasteiger partial charge in [-0.25, -0.2) is 9.37 Å². The number of benzene rings is 2. The maximum atomic E-state index is 13.1. The van der Waals surface area contributed by atoms with Crippen molar-refractivity contribution in [1.29, 1.82) is 0 Å². The summed E-state index contributed by atoms with van der Waals surface area (Å²) in [6, 6.07) is 16.1. The molecule has 4 nitrogen and oxygen atoms in total. The number of hydrogen-bond donors (Lipinski definition) is 0. The summed E-state index contributed by atoms with van der Waals surface area (Å²) in [6.07, 6.45) is 0.